The summed E-state index contributed by atoms with van der Waals surface area (Å²) in [5.41, 5.74) is 3.50. The standard InChI is InChI=1S/C21H24N2O/c1-5-20-22-14-19(23(20)4)21(24,17-9-7-6-8-10-17)18-13-15(2)11-12-16(18)3/h6-14,24H,5H2,1-4H3/t21-/m0/s1. The van der Waals surface area contributed by atoms with Gasteiger partial charge in [0.1, 0.15) is 5.82 Å². The van der Waals surface area contributed by atoms with Crippen molar-refractivity contribution in [3.05, 3.63) is 88.5 Å². The lowest BCUT2D eigenvalue weighted by molar-refractivity contribution is 0.116. The molecule has 0 radical (unpaired) electrons. The van der Waals surface area contributed by atoms with Gasteiger partial charge >= 0.3 is 0 Å². The van der Waals surface area contributed by atoms with Gasteiger partial charge in [-0.2, -0.15) is 0 Å². The number of nitrogens with zero attached hydrogens (tertiary/aromatic N) is 2. The summed E-state index contributed by atoms with van der Waals surface area (Å²) in [5.74, 6) is 0.963. The molecule has 0 aliphatic rings. The first-order valence-electron chi connectivity index (χ1n) is 8.35. The van der Waals surface area contributed by atoms with Gasteiger partial charge in [0, 0.05) is 13.5 Å². The molecule has 0 saturated heterocycles. The Labute approximate surface area is 143 Å². The molecule has 1 heterocycles. The van der Waals surface area contributed by atoms with Gasteiger partial charge in [-0.1, -0.05) is 61.0 Å². The molecule has 0 amide bonds. The van der Waals surface area contributed by atoms with E-state index >= 15 is 0 Å². The number of imidazole rings is 1. The van der Waals surface area contributed by atoms with Gasteiger partial charge < -0.3 is 9.67 Å². The minimum absolute atomic E-state index is 0.791. The number of hydrogen-bond donors (Lipinski definition) is 1. The van der Waals surface area contributed by atoms with E-state index in [-0.39, 0.29) is 0 Å². The van der Waals surface area contributed by atoms with Gasteiger partial charge in [0.15, 0.2) is 5.60 Å². The molecule has 0 spiro atoms. The first-order valence-corrected chi connectivity index (χ1v) is 8.35. The maximum Gasteiger partial charge on any atom is 0.157 e. The lowest BCUT2D eigenvalue weighted by Crippen LogP contribution is -2.32. The zero-order chi connectivity index (χ0) is 17.3. The van der Waals surface area contributed by atoms with Crippen LogP contribution in [0.25, 0.3) is 0 Å². The van der Waals surface area contributed by atoms with Crippen LogP contribution in [-0.4, -0.2) is 14.7 Å². The van der Waals surface area contributed by atoms with Crippen LogP contribution in [0, 0.1) is 13.8 Å². The molecule has 0 bridgehead atoms. The number of aryl methyl sites for hydroxylation is 3. The highest BCUT2D eigenvalue weighted by atomic mass is 16.3. The van der Waals surface area contributed by atoms with Gasteiger partial charge in [0.25, 0.3) is 0 Å². The van der Waals surface area contributed by atoms with E-state index in [9.17, 15) is 5.11 Å². The van der Waals surface area contributed by atoms with Gasteiger partial charge in [-0.3, -0.25) is 0 Å². The fraction of sp³-hybridized carbons (Fsp3) is 0.286. The summed E-state index contributed by atoms with van der Waals surface area (Å²) in [7, 11) is 1.97. The summed E-state index contributed by atoms with van der Waals surface area (Å²) >= 11 is 0. The first-order chi connectivity index (χ1) is 11.5. The molecule has 0 fully saturated rings. The molecule has 2 aromatic carbocycles. The van der Waals surface area contributed by atoms with Crippen molar-refractivity contribution in [2.75, 3.05) is 0 Å². The summed E-state index contributed by atoms with van der Waals surface area (Å²) in [6.45, 7) is 6.17. The Bertz CT molecular complexity index is 852. The predicted octanol–water partition coefficient (Wildman–Crippen LogP) is 3.88. The van der Waals surface area contributed by atoms with Gasteiger partial charge in [0.2, 0.25) is 0 Å². The van der Waals surface area contributed by atoms with Crippen molar-refractivity contribution in [2.24, 2.45) is 7.05 Å². The summed E-state index contributed by atoms with van der Waals surface area (Å²) < 4.78 is 2.01. The Kier molecular flexibility index (Phi) is 4.29. The Balaban J connectivity index is 2.33. The van der Waals surface area contributed by atoms with Gasteiger partial charge in [-0.15, -0.1) is 0 Å². The van der Waals surface area contributed by atoms with E-state index in [1.165, 1.54) is 0 Å². The molecule has 0 aliphatic heterocycles. The summed E-state index contributed by atoms with van der Waals surface area (Å²) in [4.78, 5) is 4.51. The third kappa shape index (κ3) is 2.55. The quantitative estimate of drug-likeness (QED) is 0.792. The molecule has 124 valence electrons. The van der Waals surface area contributed by atoms with E-state index in [1.807, 2.05) is 48.9 Å². The smallest absolute Gasteiger partial charge is 0.157 e. The average Bonchev–Trinajstić information content (AvgIpc) is 2.98. The molecule has 1 atom stereocenters. The van der Waals surface area contributed by atoms with Gasteiger partial charge in [0.05, 0.1) is 11.9 Å². The number of hydrogen-bond acceptors (Lipinski definition) is 2. The number of aliphatic hydroxyl groups is 1. The summed E-state index contributed by atoms with van der Waals surface area (Å²) in [5, 5.41) is 12.0. The predicted molar refractivity (Wildman–Crippen MR) is 97.0 cm³/mol. The van der Waals surface area contributed by atoms with Crippen LogP contribution in [0.2, 0.25) is 0 Å². The van der Waals surface area contributed by atoms with Crippen LogP contribution in [0.1, 0.15) is 40.7 Å². The van der Waals surface area contributed by atoms with E-state index < -0.39 is 5.60 Å². The van der Waals surface area contributed by atoms with Crippen molar-refractivity contribution in [3.8, 4) is 0 Å². The fourth-order valence-corrected chi connectivity index (χ4v) is 3.36. The maximum atomic E-state index is 12.0. The highest BCUT2D eigenvalue weighted by Crippen LogP contribution is 2.38. The lowest BCUT2D eigenvalue weighted by Gasteiger charge is -2.31. The van der Waals surface area contributed by atoms with Crippen molar-refractivity contribution < 1.29 is 5.11 Å². The van der Waals surface area contributed by atoms with Crippen molar-refractivity contribution in [1.82, 2.24) is 9.55 Å². The molecule has 3 rings (SSSR count). The van der Waals surface area contributed by atoms with Crippen LogP contribution in [0.5, 0.6) is 0 Å². The fourth-order valence-electron chi connectivity index (χ4n) is 3.36. The molecule has 3 aromatic rings. The summed E-state index contributed by atoms with van der Waals surface area (Å²) in [6, 6.07) is 16.0. The SMILES string of the molecule is CCc1ncc([C@](O)(c2ccccc2)c2cc(C)ccc2C)n1C. The van der Waals surface area contributed by atoms with E-state index in [1.54, 1.807) is 6.20 Å². The Morgan fingerprint density at radius 3 is 2.42 bits per heavy atom. The van der Waals surface area contributed by atoms with Crippen LogP contribution in [0.3, 0.4) is 0 Å². The average molecular weight is 320 g/mol. The second-order valence-corrected chi connectivity index (χ2v) is 6.37. The number of benzene rings is 2. The molecule has 0 saturated carbocycles. The van der Waals surface area contributed by atoms with Crippen LogP contribution < -0.4 is 0 Å². The third-order valence-corrected chi connectivity index (χ3v) is 4.75. The van der Waals surface area contributed by atoms with Crippen molar-refractivity contribution >= 4 is 0 Å². The van der Waals surface area contributed by atoms with Gasteiger partial charge in [-0.05, 0) is 30.5 Å². The van der Waals surface area contributed by atoms with E-state index in [2.05, 4.69) is 37.0 Å². The second-order valence-electron chi connectivity index (χ2n) is 6.37. The largest absolute Gasteiger partial charge is 0.374 e. The molecular weight excluding hydrogens is 296 g/mol. The zero-order valence-corrected chi connectivity index (χ0v) is 14.7. The minimum Gasteiger partial charge on any atom is -0.374 e. The van der Waals surface area contributed by atoms with E-state index in [0.29, 0.717) is 0 Å². The third-order valence-electron chi connectivity index (χ3n) is 4.75. The highest BCUT2D eigenvalue weighted by Gasteiger charge is 2.38. The normalized spacial score (nSPS) is 13.7. The molecule has 1 aromatic heterocycles. The van der Waals surface area contributed by atoms with Crippen LogP contribution in [0.4, 0.5) is 0 Å². The van der Waals surface area contributed by atoms with E-state index in [0.717, 1.165) is 40.2 Å². The number of aromatic nitrogens is 2. The van der Waals surface area contributed by atoms with Crippen molar-refractivity contribution in [2.45, 2.75) is 32.8 Å². The van der Waals surface area contributed by atoms with Crippen LogP contribution >= 0.6 is 0 Å². The highest BCUT2D eigenvalue weighted by molar-refractivity contribution is 5.48. The topological polar surface area (TPSA) is 38.1 Å². The van der Waals surface area contributed by atoms with E-state index in [4.69, 9.17) is 0 Å². The Morgan fingerprint density at radius 1 is 1.08 bits per heavy atom. The minimum atomic E-state index is -1.23. The first kappa shape index (κ1) is 16.5. The molecule has 0 aliphatic carbocycles. The zero-order valence-electron chi connectivity index (χ0n) is 14.7. The maximum absolute atomic E-state index is 12.0. The molecular formula is C21H24N2O. The van der Waals surface area contributed by atoms with Crippen LogP contribution in [-0.2, 0) is 19.1 Å². The summed E-state index contributed by atoms with van der Waals surface area (Å²) in [6.07, 6.45) is 2.63. The second kappa shape index (κ2) is 6.25. The lowest BCUT2D eigenvalue weighted by atomic mass is 9.81. The molecule has 3 nitrogen and oxygen atoms in total. The molecule has 0 unspecified atom stereocenters. The Hall–Kier alpha value is -2.39. The Morgan fingerprint density at radius 2 is 1.79 bits per heavy atom. The monoisotopic (exact) mass is 320 g/mol. The molecule has 24 heavy (non-hydrogen) atoms. The molecule has 1 N–H and O–H groups in total. The molecule has 3 heteroatoms. The van der Waals surface area contributed by atoms with Gasteiger partial charge in [-0.25, -0.2) is 4.98 Å². The number of rotatable bonds is 4. The van der Waals surface area contributed by atoms with Crippen molar-refractivity contribution in [3.63, 3.8) is 0 Å². The van der Waals surface area contributed by atoms with Crippen molar-refractivity contribution in [1.29, 1.82) is 0 Å². The van der Waals surface area contributed by atoms with Crippen LogP contribution in [0.15, 0.2) is 54.7 Å².